The summed E-state index contributed by atoms with van der Waals surface area (Å²) < 4.78 is 5.61. The van der Waals surface area contributed by atoms with Crippen LogP contribution < -0.4 is 10.1 Å². The van der Waals surface area contributed by atoms with Crippen LogP contribution in [-0.4, -0.2) is 30.3 Å². The molecule has 3 aromatic rings. The van der Waals surface area contributed by atoms with E-state index in [0.29, 0.717) is 12.4 Å². The highest BCUT2D eigenvalue weighted by molar-refractivity contribution is 8.00. The zero-order chi connectivity index (χ0) is 16.2. The number of carbonyl (C=O) groups excluding carboxylic acids is 1. The summed E-state index contributed by atoms with van der Waals surface area (Å²) in [6.07, 6.45) is 0. The van der Waals surface area contributed by atoms with Crippen molar-refractivity contribution in [3.8, 4) is 5.75 Å². The fourth-order valence-corrected chi connectivity index (χ4v) is 3.52. The highest BCUT2D eigenvalue weighted by Crippen LogP contribution is 2.35. The summed E-state index contributed by atoms with van der Waals surface area (Å²) >= 11 is 1.53. The van der Waals surface area contributed by atoms with E-state index in [-0.39, 0.29) is 5.91 Å². The normalized spacial score (nSPS) is 10.9. The molecule has 3 rings (SSSR count). The third-order valence-electron chi connectivity index (χ3n) is 3.54. The third-order valence-corrected chi connectivity index (χ3v) is 4.67. The number of para-hydroxylation sites is 1. The Morgan fingerprint density at radius 3 is 2.74 bits per heavy atom. The average molecular weight is 326 g/mol. The van der Waals surface area contributed by atoms with Crippen molar-refractivity contribution in [1.29, 1.82) is 0 Å². The number of nitrogens with zero attached hydrogens (tertiary/aromatic N) is 1. The molecule has 0 atom stereocenters. The molecule has 1 N–H and O–H groups in total. The van der Waals surface area contributed by atoms with Crippen molar-refractivity contribution in [1.82, 2.24) is 10.3 Å². The average Bonchev–Trinajstić information content (AvgIpc) is 2.58. The Labute approximate surface area is 139 Å². The summed E-state index contributed by atoms with van der Waals surface area (Å²) in [7, 11) is 1.65. The third kappa shape index (κ3) is 3.24. The molecule has 1 heterocycles. The molecule has 0 bridgehead atoms. The lowest BCUT2D eigenvalue weighted by atomic mass is 10.1. The summed E-state index contributed by atoms with van der Waals surface area (Å²) in [4.78, 5) is 17.4. The monoisotopic (exact) mass is 326 g/mol. The van der Waals surface area contributed by atoms with E-state index in [4.69, 9.17) is 9.72 Å². The molecular formula is C18H18N2O2S. The van der Waals surface area contributed by atoms with E-state index in [1.165, 1.54) is 11.8 Å². The van der Waals surface area contributed by atoms with Gasteiger partial charge in [0.1, 0.15) is 5.75 Å². The lowest BCUT2D eigenvalue weighted by Gasteiger charge is -2.12. The van der Waals surface area contributed by atoms with Crippen LogP contribution in [0.15, 0.2) is 47.4 Å². The molecule has 0 fully saturated rings. The fraction of sp³-hybridized carbons (Fsp3) is 0.222. The van der Waals surface area contributed by atoms with Crippen molar-refractivity contribution in [2.45, 2.75) is 11.8 Å². The van der Waals surface area contributed by atoms with Crippen molar-refractivity contribution in [3.05, 3.63) is 42.5 Å². The lowest BCUT2D eigenvalue weighted by molar-refractivity contribution is -0.118. The Kier molecular flexibility index (Phi) is 4.67. The molecule has 0 spiro atoms. The van der Waals surface area contributed by atoms with E-state index < -0.39 is 0 Å². The van der Waals surface area contributed by atoms with Gasteiger partial charge in [0.05, 0.1) is 23.4 Å². The van der Waals surface area contributed by atoms with Gasteiger partial charge in [-0.05, 0) is 31.2 Å². The molecule has 1 aromatic heterocycles. The molecule has 0 aliphatic heterocycles. The topological polar surface area (TPSA) is 51.2 Å². The van der Waals surface area contributed by atoms with Crippen LogP contribution in [0.25, 0.3) is 21.8 Å². The van der Waals surface area contributed by atoms with E-state index in [0.717, 1.165) is 32.5 Å². The molecule has 0 radical (unpaired) electrons. The highest BCUT2D eigenvalue weighted by atomic mass is 32.2. The van der Waals surface area contributed by atoms with Gasteiger partial charge >= 0.3 is 0 Å². The molecule has 0 aliphatic rings. The van der Waals surface area contributed by atoms with Crippen LogP contribution in [-0.2, 0) is 4.79 Å². The van der Waals surface area contributed by atoms with Gasteiger partial charge in [0.25, 0.3) is 0 Å². The minimum absolute atomic E-state index is 0.00464. The molecule has 0 saturated heterocycles. The van der Waals surface area contributed by atoms with Gasteiger partial charge in [-0.25, -0.2) is 4.98 Å². The number of amides is 1. The molecule has 118 valence electrons. The minimum Gasteiger partial charge on any atom is -0.494 e. The standard InChI is InChI=1S/C18H18N2O2S/c1-3-22-12-8-9-16-14(10-12)18(23-11-17(21)19-2)13-6-4-5-7-15(13)20-16/h4-10H,3,11H2,1-2H3,(H,19,21). The van der Waals surface area contributed by atoms with Crippen molar-refractivity contribution < 1.29 is 9.53 Å². The van der Waals surface area contributed by atoms with Crippen LogP contribution in [0.3, 0.4) is 0 Å². The van der Waals surface area contributed by atoms with E-state index in [9.17, 15) is 4.79 Å². The first-order valence-corrected chi connectivity index (χ1v) is 8.50. The quantitative estimate of drug-likeness (QED) is 0.575. The van der Waals surface area contributed by atoms with Crippen molar-refractivity contribution in [3.63, 3.8) is 0 Å². The Morgan fingerprint density at radius 1 is 1.17 bits per heavy atom. The summed E-state index contributed by atoms with van der Waals surface area (Å²) in [5.41, 5.74) is 1.84. The van der Waals surface area contributed by atoms with Crippen molar-refractivity contribution in [2.24, 2.45) is 0 Å². The number of hydrogen-bond donors (Lipinski definition) is 1. The Bertz CT molecular complexity index is 864. The SMILES string of the molecule is CCOc1ccc2nc3ccccc3c(SCC(=O)NC)c2c1. The molecule has 2 aromatic carbocycles. The molecule has 5 heteroatoms. The number of ether oxygens (including phenoxy) is 1. The van der Waals surface area contributed by atoms with Crippen LogP contribution in [0.2, 0.25) is 0 Å². The number of rotatable bonds is 5. The van der Waals surface area contributed by atoms with E-state index >= 15 is 0 Å². The zero-order valence-electron chi connectivity index (χ0n) is 13.1. The van der Waals surface area contributed by atoms with E-state index in [2.05, 4.69) is 5.32 Å². The van der Waals surface area contributed by atoms with Gasteiger partial charge in [-0.15, -0.1) is 11.8 Å². The van der Waals surface area contributed by atoms with Crippen LogP contribution in [0.4, 0.5) is 0 Å². The van der Waals surface area contributed by atoms with Crippen LogP contribution in [0.5, 0.6) is 5.75 Å². The maximum atomic E-state index is 11.7. The van der Waals surface area contributed by atoms with Crippen LogP contribution in [0.1, 0.15) is 6.92 Å². The van der Waals surface area contributed by atoms with Gasteiger partial charge in [-0.1, -0.05) is 18.2 Å². The molecule has 0 aliphatic carbocycles. The van der Waals surface area contributed by atoms with Gasteiger partial charge in [0.2, 0.25) is 5.91 Å². The lowest BCUT2D eigenvalue weighted by Crippen LogP contribution is -2.19. The van der Waals surface area contributed by atoms with Gasteiger partial charge in [0, 0.05) is 22.7 Å². The molecule has 0 unspecified atom stereocenters. The van der Waals surface area contributed by atoms with E-state index in [1.54, 1.807) is 7.05 Å². The Hall–Kier alpha value is -2.27. The number of carbonyl (C=O) groups is 1. The summed E-state index contributed by atoms with van der Waals surface area (Å²) in [6.45, 7) is 2.58. The second kappa shape index (κ2) is 6.87. The number of thioether (sulfide) groups is 1. The fourth-order valence-electron chi connectivity index (χ4n) is 2.45. The maximum Gasteiger partial charge on any atom is 0.230 e. The van der Waals surface area contributed by atoms with Gasteiger partial charge in [-0.3, -0.25) is 4.79 Å². The second-order valence-electron chi connectivity index (χ2n) is 5.03. The molecule has 23 heavy (non-hydrogen) atoms. The van der Waals surface area contributed by atoms with Gasteiger partial charge in [-0.2, -0.15) is 0 Å². The predicted octanol–water partition coefficient (Wildman–Crippen LogP) is 3.62. The number of benzene rings is 2. The van der Waals surface area contributed by atoms with Gasteiger partial charge < -0.3 is 10.1 Å². The minimum atomic E-state index is 0.00464. The predicted molar refractivity (Wildman–Crippen MR) is 95.2 cm³/mol. The maximum absolute atomic E-state index is 11.7. The number of fused-ring (bicyclic) bond motifs is 2. The summed E-state index contributed by atoms with van der Waals surface area (Å²) in [5, 5.41) is 4.74. The molecule has 0 saturated carbocycles. The Morgan fingerprint density at radius 2 is 1.96 bits per heavy atom. The molecule has 4 nitrogen and oxygen atoms in total. The van der Waals surface area contributed by atoms with Crippen molar-refractivity contribution in [2.75, 3.05) is 19.4 Å². The summed E-state index contributed by atoms with van der Waals surface area (Å²) in [5.74, 6) is 1.20. The number of pyridine rings is 1. The largest absolute Gasteiger partial charge is 0.494 e. The Balaban J connectivity index is 2.18. The van der Waals surface area contributed by atoms with Crippen LogP contribution in [0, 0.1) is 0 Å². The van der Waals surface area contributed by atoms with E-state index in [1.807, 2.05) is 49.4 Å². The number of nitrogens with one attached hydrogen (secondary N) is 1. The number of hydrogen-bond acceptors (Lipinski definition) is 4. The first kappa shape index (κ1) is 15.6. The summed E-state index contributed by atoms with van der Waals surface area (Å²) in [6, 6.07) is 13.9. The van der Waals surface area contributed by atoms with Crippen LogP contribution >= 0.6 is 11.8 Å². The molecule has 1 amide bonds. The first-order valence-electron chi connectivity index (χ1n) is 7.51. The van der Waals surface area contributed by atoms with Gasteiger partial charge in [0.15, 0.2) is 0 Å². The first-order chi connectivity index (χ1) is 11.2. The highest BCUT2D eigenvalue weighted by Gasteiger charge is 2.12. The van der Waals surface area contributed by atoms with Crippen molar-refractivity contribution >= 4 is 39.5 Å². The molecular weight excluding hydrogens is 308 g/mol. The number of aromatic nitrogens is 1. The second-order valence-corrected chi connectivity index (χ2v) is 6.02. The smallest absolute Gasteiger partial charge is 0.230 e. The zero-order valence-corrected chi connectivity index (χ0v) is 13.9.